The lowest BCUT2D eigenvalue weighted by atomic mass is 9.99. The van der Waals surface area contributed by atoms with Gasteiger partial charge in [0.25, 0.3) is 0 Å². The van der Waals surface area contributed by atoms with Crippen molar-refractivity contribution in [3.05, 3.63) is 48.0 Å². The van der Waals surface area contributed by atoms with Gasteiger partial charge < -0.3 is 35.3 Å². The summed E-state index contributed by atoms with van der Waals surface area (Å²) in [4.78, 5) is 19.0. The Hall–Kier alpha value is -2.26. The Morgan fingerprint density at radius 3 is 2.25 bits per heavy atom. The van der Waals surface area contributed by atoms with E-state index in [-0.39, 0.29) is 19.3 Å². The number of aliphatic hydroxyl groups excluding tert-OH is 2. The fourth-order valence-corrected chi connectivity index (χ4v) is 2.06. The molecule has 0 spiro atoms. The Kier molecular flexibility index (Phi) is 8.07. The van der Waals surface area contributed by atoms with Gasteiger partial charge >= 0.3 is 5.97 Å². The molecular formula is C16H21NO7. The van der Waals surface area contributed by atoms with E-state index in [0.29, 0.717) is 18.8 Å². The molecular weight excluding hydrogens is 318 g/mol. The second kappa shape index (κ2) is 9.78. The van der Waals surface area contributed by atoms with Gasteiger partial charge in [0.05, 0.1) is 5.97 Å². The summed E-state index contributed by atoms with van der Waals surface area (Å²) in [6.07, 6.45) is 0.991. The smallest absolute Gasteiger partial charge is 0.328 e. The van der Waals surface area contributed by atoms with E-state index in [2.05, 4.69) is 0 Å². The molecule has 0 saturated carbocycles. The molecule has 1 saturated heterocycles. The second-order valence-electron chi connectivity index (χ2n) is 5.32. The van der Waals surface area contributed by atoms with Crippen LogP contribution in [0.1, 0.15) is 11.7 Å². The number of benzene rings is 1. The maximum absolute atomic E-state index is 9.53. The molecule has 1 atom stereocenters. The van der Waals surface area contributed by atoms with E-state index in [1.54, 1.807) is 0 Å². The third-order valence-corrected chi connectivity index (χ3v) is 3.50. The zero-order valence-corrected chi connectivity index (χ0v) is 13.0. The van der Waals surface area contributed by atoms with Gasteiger partial charge in [-0.15, -0.1) is 0 Å². The molecule has 132 valence electrons. The van der Waals surface area contributed by atoms with Crippen LogP contribution in [0.5, 0.6) is 0 Å². The van der Waals surface area contributed by atoms with Crippen molar-refractivity contribution in [2.45, 2.75) is 11.6 Å². The highest BCUT2D eigenvalue weighted by Gasteiger charge is 2.39. The Balaban J connectivity index is 0.000000307. The summed E-state index contributed by atoms with van der Waals surface area (Å²) in [6, 6.07) is 10.0. The van der Waals surface area contributed by atoms with Crippen LogP contribution in [-0.4, -0.2) is 59.2 Å². The molecule has 0 bridgehead atoms. The zero-order valence-electron chi connectivity index (χ0n) is 13.0. The van der Waals surface area contributed by atoms with Crippen molar-refractivity contribution in [2.75, 3.05) is 26.4 Å². The van der Waals surface area contributed by atoms with Crippen molar-refractivity contribution in [1.82, 2.24) is 0 Å². The third kappa shape index (κ3) is 6.47. The van der Waals surface area contributed by atoms with Gasteiger partial charge in [-0.25, -0.2) is 4.79 Å². The van der Waals surface area contributed by atoms with Gasteiger partial charge in [0.15, 0.2) is 5.54 Å². The minimum atomic E-state index is -1.51. The van der Waals surface area contributed by atoms with Gasteiger partial charge in [-0.3, -0.25) is 0 Å². The molecule has 8 heteroatoms. The summed E-state index contributed by atoms with van der Waals surface area (Å²) >= 11 is 0. The highest BCUT2D eigenvalue weighted by molar-refractivity contribution is 5.88. The lowest BCUT2D eigenvalue weighted by Gasteiger charge is -2.35. The first-order valence-electron chi connectivity index (χ1n) is 7.27. The largest absolute Gasteiger partial charge is 0.545 e. The second-order valence-corrected chi connectivity index (χ2v) is 5.32. The van der Waals surface area contributed by atoms with E-state index in [1.807, 2.05) is 35.6 Å². The van der Waals surface area contributed by atoms with Crippen molar-refractivity contribution in [3.63, 3.8) is 0 Å². The average molecular weight is 339 g/mol. The molecule has 1 aromatic rings. The summed E-state index contributed by atoms with van der Waals surface area (Å²) in [7, 11) is 0. The van der Waals surface area contributed by atoms with Crippen LogP contribution in [0.2, 0.25) is 0 Å². The summed E-state index contributed by atoms with van der Waals surface area (Å²) in [5, 5.41) is 37.7. The minimum Gasteiger partial charge on any atom is -0.545 e. The van der Waals surface area contributed by atoms with Crippen LogP contribution < -0.4 is 10.4 Å². The van der Waals surface area contributed by atoms with Crippen molar-refractivity contribution in [3.8, 4) is 0 Å². The van der Waals surface area contributed by atoms with Gasteiger partial charge in [-0.05, 0) is 11.6 Å². The van der Waals surface area contributed by atoms with Crippen LogP contribution in [0.3, 0.4) is 0 Å². The molecule has 5 N–H and O–H groups in total. The monoisotopic (exact) mass is 339 g/mol. The van der Waals surface area contributed by atoms with E-state index in [4.69, 9.17) is 9.84 Å². The number of aliphatic carboxylic acids is 2. The predicted molar refractivity (Wildman–Crippen MR) is 80.6 cm³/mol. The van der Waals surface area contributed by atoms with Crippen LogP contribution in [-0.2, 0) is 14.3 Å². The number of ether oxygens (including phenoxy) is 1. The molecule has 24 heavy (non-hydrogen) atoms. The van der Waals surface area contributed by atoms with Crippen molar-refractivity contribution in [1.29, 1.82) is 0 Å². The molecule has 0 amide bonds. The minimum absolute atomic E-state index is 0.0485. The number of nitrogens with two attached hydrogens (primary N) is 1. The van der Waals surface area contributed by atoms with Gasteiger partial charge in [-0.1, -0.05) is 30.3 Å². The summed E-state index contributed by atoms with van der Waals surface area (Å²) in [6.45, 7) is 0.973. The number of hydrogen-bond donors (Lipinski definition) is 4. The SMILES string of the molecule is O=C([O-])/C=C/C(=O)O.OCC1(CO)COC(c2ccccc2)C[NH2+]1. The molecule has 1 aromatic carbocycles. The van der Waals surface area contributed by atoms with E-state index in [0.717, 1.165) is 12.1 Å². The highest BCUT2D eigenvalue weighted by Crippen LogP contribution is 2.19. The molecule has 0 aromatic heterocycles. The number of carbonyl (C=O) groups excluding carboxylic acids is 1. The first-order valence-corrected chi connectivity index (χ1v) is 7.27. The lowest BCUT2D eigenvalue weighted by Crippen LogP contribution is -3.02. The normalized spacial score (nSPS) is 19.3. The van der Waals surface area contributed by atoms with E-state index in [1.165, 1.54) is 0 Å². The summed E-state index contributed by atoms with van der Waals surface area (Å²) in [5.74, 6) is -2.80. The predicted octanol–water partition coefficient (Wildman–Crippen LogP) is -2.58. The summed E-state index contributed by atoms with van der Waals surface area (Å²) in [5.41, 5.74) is 0.578. The highest BCUT2D eigenvalue weighted by atomic mass is 16.5. The lowest BCUT2D eigenvalue weighted by molar-refractivity contribution is -0.753. The first kappa shape index (κ1) is 19.8. The maximum Gasteiger partial charge on any atom is 0.328 e. The Morgan fingerprint density at radius 1 is 1.25 bits per heavy atom. The van der Waals surface area contributed by atoms with Gasteiger partial charge in [0.2, 0.25) is 0 Å². The van der Waals surface area contributed by atoms with Crippen molar-refractivity contribution >= 4 is 11.9 Å². The Labute approximate surface area is 139 Å². The molecule has 8 nitrogen and oxygen atoms in total. The number of hydrogen-bond acceptors (Lipinski definition) is 6. The van der Waals surface area contributed by atoms with E-state index in [9.17, 15) is 24.9 Å². The molecule has 0 radical (unpaired) electrons. The number of rotatable bonds is 5. The third-order valence-electron chi connectivity index (χ3n) is 3.50. The Bertz CT molecular complexity index is 529. The maximum atomic E-state index is 9.53. The van der Waals surface area contributed by atoms with Gasteiger partial charge in [0, 0.05) is 6.08 Å². The molecule has 2 rings (SSSR count). The van der Waals surface area contributed by atoms with Crippen LogP contribution in [0.15, 0.2) is 42.5 Å². The molecule has 1 fully saturated rings. The van der Waals surface area contributed by atoms with Crippen molar-refractivity contribution < 1.29 is 40.1 Å². The fraction of sp³-hybridized carbons (Fsp3) is 0.375. The van der Waals surface area contributed by atoms with Gasteiger partial charge in [0.1, 0.15) is 32.5 Å². The number of morpholine rings is 1. The first-order chi connectivity index (χ1) is 11.4. The van der Waals surface area contributed by atoms with Gasteiger partial charge in [-0.2, -0.15) is 0 Å². The van der Waals surface area contributed by atoms with Crippen LogP contribution in [0.4, 0.5) is 0 Å². The summed E-state index contributed by atoms with van der Waals surface area (Å²) < 4.78 is 5.71. The fourth-order valence-electron chi connectivity index (χ4n) is 2.06. The molecule has 1 aliphatic heterocycles. The zero-order chi connectivity index (χ0) is 18.0. The molecule has 1 aliphatic rings. The molecule has 1 unspecified atom stereocenters. The number of carboxylic acid groups (broad SMARTS) is 2. The standard InChI is InChI=1S/C12H17NO3.C4H4O4/c14-7-12(8-15)9-16-11(6-13-12)10-4-2-1-3-5-10;5-3(6)1-2-4(7)8/h1-5,11,13-15H,6-9H2;1-2H,(H,5,6)(H,7,8)/b;2-1+. The van der Waals surface area contributed by atoms with E-state index >= 15 is 0 Å². The van der Waals surface area contributed by atoms with Crippen LogP contribution in [0.25, 0.3) is 0 Å². The van der Waals surface area contributed by atoms with Crippen molar-refractivity contribution in [2.24, 2.45) is 0 Å². The number of aliphatic hydroxyl groups is 2. The topological polar surface area (TPSA) is 144 Å². The number of carbonyl (C=O) groups is 2. The molecule has 1 heterocycles. The number of quaternary nitrogens is 1. The van der Waals surface area contributed by atoms with Crippen LogP contribution in [0, 0.1) is 0 Å². The average Bonchev–Trinajstić information content (AvgIpc) is 2.61. The quantitative estimate of drug-likeness (QED) is 0.431. The van der Waals surface area contributed by atoms with Crippen LogP contribution >= 0.6 is 0 Å². The molecule has 0 aliphatic carbocycles. The van der Waals surface area contributed by atoms with E-state index < -0.39 is 17.5 Å². The number of carboxylic acids is 2. The Morgan fingerprint density at radius 2 is 1.88 bits per heavy atom.